The molecule has 104 valence electrons. The van der Waals surface area contributed by atoms with Gasteiger partial charge in [0.1, 0.15) is 0 Å². The molecule has 2 N–H and O–H groups in total. The van der Waals surface area contributed by atoms with Crippen molar-refractivity contribution in [1.29, 1.82) is 0 Å². The average molecular weight is 276 g/mol. The van der Waals surface area contributed by atoms with E-state index in [4.69, 9.17) is 0 Å². The van der Waals surface area contributed by atoms with E-state index in [1.807, 2.05) is 13.0 Å². The van der Waals surface area contributed by atoms with Gasteiger partial charge in [-0.3, -0.25) is 4.79 Å². The molecule has 0 unspecified atom stereocenters. The highest BCUT2D eigenvalue weighted by Gasteiger charge is 2.12. The van der Waals surface area contributed by atoms with Gasteiger partial charge in [-0.2, -0.15) is 0 Å². The summed E-state index contributed by atoms with van der Waals surface area (Å²) < 4.78 is 25.9. The first-order chi connectivity index (χ1) is 9.51. The van der Waals surface area contributed by atoms with Crippen LogP contribution < -0.4 is 10.6 Å². The number of nitrogens with one attached hydrogen (secondary N) is 2. The Morgan fingerprint density at radius 1 is 1.05 bits per heavy atom. The van der Waals surface area contributed by atoms with Crippen LogP contribution in [-0.4, -0.2) is 13.0 Å². The topological polar surface area (TPSA) is 41.1 Å². The molecule has 0 aliphatic carbocycles. The van der Waals surface area contributed by atoms with Crippen LogP contribution in [0, 0.1) is 18.6 Å². The number of hydrogen-bond acceptors (Lipinski definition) is 2. The first kappa shape index (κ1) is 14.0. The summed E-state index contributed by atoms with van der Waals surface area (Å²) in [6.07, 6.45) is 0. The van der Waals surface area contributed by atoms with E-state index in [-0.39, 0.29) is 11.6 Å². The molecular formula is C15H14F2N2O. The van der Waals surface area contributed by atoms with Crippen molar-refractivity contribution in [3.63, 3.8) is 0 Å². The Balaban J connectivity index is 2.27. The molecular weight excluding hydrogens is 262 g/mol. The number of hydrogen-bond donors (Lipinski definition) is 2. The Labute approximate surface area is 115 Å². The van der Waals surface area contributed by atoms with Crippen molar-refractivity contribution in [2.75, 3.05) is 17.7 Å². The molecule has 0 spiro atoms. The standard InChI is InChI=1S/C15H14F2N2O/c1-9-3-6-14(18-2)11(7-9)15(20)19-10-4-5-12(16)13(17)8-10/h3-8,18H,1-2H3,(H,19,20). The van der Waals surface area contributed by atoms with E-state index in [2.05, 4.69) is 10.6 Å². The predicted molar refractivity (Wildman–Crippen MR) is 75.0 cm³/mol. The third kappa shape index (κ3) is 2.93. The number of anilines is 2. The van der Waals surface area contributed by atoms with Gasteiger partial charge in [0, 0.05) is 24.5 Å². The van der Waals surface area contributed by atoms with Crippen molar-refractivity contribution < 1.29 is 13.6 Å². The molecule has 0 fully saturated rings. The number of benzene rings is 2. The Hall–Kier alpha value is -2.43. The van der Waals surface area contributed by atoms with Gasteiger partial charge in [-0.05, 0) is 31.2 Å². The van der Waals surface area contributed by atoms with Crippen molar-refractivity contribution in [3.05, 3.63) is 59.2 Å². The number of halogens is 2. The quantitative estimate of drug-likeness (QED) is 0.899. The lowest BCUT2D eigenvalue weighted by Gasteiger charge is -2.11. The Kier molecular flexibility index (Phi) is 3.98. The largest absolute Gasteiger partial charge is 0.387 e. The van der Waals surface area contributed by atoms with Crippen LogP contribution in [0.2, 0.25) is 0 Å². The highest BCUT2D eigenvalue weighted by Crippen LogP contribution is 2.19. The van der Waals surface area contributed by atoms with E-state index in [1.165, 1.54) is 6.07 Å². The van der Waals surface area contributed by atoms with E-state index in [9.17, 15) is 13.6 Å². The average Bonchev–Trinajstić information content (AvgIpc) is 2.43. The van der Waals surface area contributed by atoms with Gasteiger partial charge in [-0.1, -0.05) is 11.6 Å². The van der Waals surface area contributed by atoms with E-state index in [0.29, 0.717) is 11.3 Å². The second kappa shape index (κ2) is 5.69. The molecule has 0 bridgehead atoms. The van der Waals surface area contributed by atoms with Crippen LogP contribution in [0.4, 0.5) is 20.2 Å². The molecule has 0 aliphatic rings. The molecule has 0 saturated heterocycles. The molecule has 3 nitrogen and oxygen atoms in total. The normalized spacial score (nSPS) is 10.2. The van der Waals surface area contributed by atoms with Crippen molar-refractivity contribution in [1.82, 2.24) is 0 Å². The summed E-state index contributed by atoms with van der Waals surface area (Å²) in [7, 11) is 1.71. The van der Waals surface area contributed by atoms with Gasteiger partial charge in [0.2, 0.25) is 0 Å². The van der Waals surface area contributed by atoms with Crippen molar-refractivity contribution >= 4 is 17.3 Å². The monoisotopic (exact) mass is 276 g/mol. The molecule has 0 atom stereocenters. The molecule has 1 amide bonds. The fourth-order valence-electron chi connectivity index (χ4n) is 1.84. The van der Waals surface area contributed by atoms with E-state index >= 15 is 0 Å². The maximum atomic E-state index is 13.1. The van der Waals surface area contributed by atoms with Gasteiger partial charge in [-0.25, -0.2) is 8.78 Å². The van der Waals surface area contributed by atoms with E-state index < -0.39 is 11.6 Å². The first-order valence-electron chi connectivity index (χ1n) is 6.06. The Morgan fingerprint density at radius 3 is 2.45 bits per heavy atom. The summed E-state index contributed by atoms with van der Waals surface area (Å²) in [5.74, 6) is -2.33. The van der Waals surface area contributed by atoms with Crippen LogP contribution in [-0.2, 0) is 0 Å². The summed E-state index contributed by atoms with van der Waals surface area (Å²) >= 11 is 0. The van der Waals surface area contributed by atoms with Crippen LogP contribution in [0.25, 0.3) is 0 Å². The minimum Gasteiger partial charge on any atom is -0.387 e. The van der Waals surface area contributed by atoms with Crippen LogP contribution in [0.15, 0.2) is 36.4 Å². The number of carbonyl (C=O) groups excluding carboxylic acids is 1. The van der Waals surface area contributed by atoms with Crippen molar-refractivity contribution in [2.45, 2.75) is 6.92 Å². The minimum atomic E-state index is -0.999. The maximum Gasteiger partial charge on any atom is 0.257 e. The van der Waals surface area contributed by atoms with Gasteiger partial charge in [0.05, 0.1) is 5.56 Å². The third-order valence-corrected chi connectivity index (χ3v) is 2.87. The third-order valence-electron chi connectivity index (χ3n) is 2.87. The van der Waals surface area contributed by atoms with Gasteiger partial charge < -0.3 is 10.6 Å². The fourth-order valence-corrected chi connectivity index (χ4v) is 1.84. The van der Waals surface area contributed by atoms with Crippen molar-refractivity contribution in [2.24, 2.45) is 0 Å². The lowest BCUT2D eigenvalue weighted by atomic mass is 10.1. The van der Waals surface area contributed by atoms with Crippen molar-refractivity contribution in [3.8, 4) is 0 Å². The SMILES string of the molecule is CNc1ccc(C)cc1C(=O)Nc1ccc(F)c(F)c1. The number of rotatable bonds is 3. The van der Waals surface area contributed by atoms with Gasteiger partial charge >= 0.3 is 0 Å². The molecule has 5 heteroatoms. The van der Waals surface area contributed by atoms with Crippen LogP contribution in [0.3, 0.4) is 0 Å². The Bertz CT molecular complexity index is 656. The second-order valence-electron chi connectivity index (χ2n) is 4.38. The maximum absolute atomic E-state index is 13.1. The minimum absolute atomic E-state index is 0.206. The molecule has 0 heterocycles. The molecule has 0 radical (unpaired) electrons. The molecule has 2 aromatic rings. The van der Waals surface area contributed by atoms with Crippen LogP contribution in [0.1, 0.15) is 15.9 Å². The second-order valence-corrected chi connectivity index (χ2v) is 4.38. The zero-order chi connectivity index (χ0) is 14.7. The van der Waals surface area contributed by atoms with Crippen LogP contribution in [0.5, 0.6) is 0 Å². The molecule has 20 heavy (non-hydrogen) atoms. The summed E-state index contributed by atoms with van der Waals surface area (Å²) in [6.45, 7) is 1.87. The fraction of sp³-hybridized carbons (Fsp3) is 0.133. The predicted octanol–water partition coefficient (Wildman–Crippen LogP) is 3.57. The summed E-state index contributed by atoms with van der Waals surface area (Å²) in [4.78, 5) is 12.2. The molecule has 2 aromatic carbocycles. The summed E-state index contributed by atoms with van der Waals surface area (Å²) in [5, 5.41) is 5.46. The Morgan fingerprint density at radius 2 is 1.80 bits per heavy atom. The number of amides is 1. The molecule has 0 aliphatic heterocycles. The zero-order valence-corrected chi connectivity index (χ0v) is 11.1. The highest BCUT2D eigenvalue weighted by molar-refractivity contribution is 6.08. The first-order valence-corrected chi connectivity index (χ1v) is 6.06. The molecule has 0 saturated carbocycles. The number of aryl methyl sites for hydroxylation is 1. The van der Waals surface area contributed by atoms with Gasteiger partial charge in [0.25, 0.3) is 5.91 Å². The summed E-state index contributed by atoms with van der Waals surface area (Å²) in [6, 6.07) is 8.62. The summed E-state index contributed by atoms with van der Waals surface area (Å²) in [5.41, 5.74) is 2.24. The van der Waals surface area contributed by atoms with Crippen LogP contribution >= 0.6 is 0 Å². The highest BCUT2D eigenvalue weighted by atomic mass is 19.2. The van der Waals surface area contributed by atoms with Gasteiger partial charge in [-0.15, -0.1) is 0 Å². The van der Waals surface area contributed by atoms with Gasteiger partial charge in [0.15, 0.2) is 11.6 Å². The zero-order valence-electron chi connectivity index (χ0n) is 11.1. The smallest absolute Gasteiger partial charge is 0.257 e. The van der Waals surface area contributed by atoms with E-state index in [1.54, 1.807) is 19.2 Å². The lowest BCUT2D eigenvalue weighted by molar-refractivity contribution is 0.102. The van der Waals surface area contributed by atoms with E-state index in [0.717, 1.165) is 17.7 Å². The number of carbonyl (C=O) groups is 1. The molecule has 2 rings (SSSR count). The molecule has 0 aromatic heterocycles. The lowest BCUT2D eigenvalue weighted by Crippen LogP contribution is -2.14.